The van der Waals surface area contributed by atoms with Gasteiger partial charge in [0.15, 0.2) is 0 Å². The highest BCUT2D eigenvalue weighted by atomic mass is 32.2. The number of nitrogens with one attached hydrogen (secondary N) is 1. The predicted octanol–water partition coefficient (Wildman–Crippen LogP) is 0.255. The van der Waals surface area contributed by atoms with E-state index in [0.717, 1.165) is 0 Å². The summed E-state index contributed by atoms with van der Waals surface area (Å²) in [7, 11) is -2.13. The average Bonchev–Trinajstić information content (AvgIpc) is 2.89. The smallest absolute Gasteiger partial charge is 0.240 e. The SMILES string of the molecule is COc1ccc(S(=O)(=O)NC2CCOC2)cc1CO. The van der Waals surface area contributed by atoms with Crippen LogP contribution in [0.3, 0.4) is 0 Å². The van der Waals surface area contributed by atoms with Crippen molar-refractivity contribution in [2.75, 3.05) is 20.3 Å². The van der Waals surface area contributed by atoms with Gasteiger partial charge in [0, 0.05) is 18.2 Å². The third-order valence-corrected chi connectivity index (χ3v) is 4.50. The number of ether oxygens (including phenoxy) is 2. The Bertz CT molecular complexity index is 537. The van der Waals surface area contributed by atoms with Gasteiger partial charge in [-0.05, 0) is 24.6 Å². The van der Waals surface area contributed by atoms with E-state index in [2.05, 4.69) is 4.72 Å². The molecule has 1 saturated heterocycles. The molecule has 1 aromatic carbocycles. The van der Waals surface area contributed by atoms with Gasteiger partial charge in [0.05, 0.1) is 25.2 Å². The molecule has 0 bridgehead atoms. The fourth-order valence-electron chi connectivity index (χ4n) is 1.96. The summed E-state index contributed by atoms with van der Waals surface area (Å²) in [6.07, 6.45) is 0.669. The first-order chi connectivity index (χ1) is 9.06. The highest BCUT2D eigenvalue weighted by Crippen LogP contribution is 2.22. The van der Waals surface area contributed by atoms with E-state index < -0.39 is 10.0 Å². The van der Waals surface area contributed by atoms with Gasteiger partial charge in [-0.2, -0.15) is 0 Å². The summed E-state index contributed by atoms with van der Waals surface area (Å²) in [5.41, 5.74) is 0.438. The molecule has 19 heavy (non-hydrogen) atoms. The first-order valence-electron chi connectivity index (χ1n) is 5.94. The van der Waals surface area contributed by atoms with E-state index in [1.807, 2.05) is 0 Å². The molecule has 7 heteroatoms. The zero-order chi connectivity index (χ0) is 13.9. The molecular formula is C12H17NO5S. The molecular weight excluding hydrogens is 270 g/mol. The molecule has 1 aliphatic rings. The molecule has 6 nitrogen and oxygen atoms in total. The Morgan fingerprint density at radius 3 is 2.89 bits per heavy atom. The summed E-state index contributed by atoms with van der Waals surface area (Å²) in [5, 5.41) is 9.21. The average molecular weight is 287 g/mol. The van der Waals surface area contributed by atoms with Gasteiger partial charge in [-0.15, -0.1) is 0 Å². The molecule has 1 unspecified atom stereocenters. The monoisotopic (exact) mass is 287 g/mol. The topological polar surface area (TPSA) is 84.9 Å². The highest BCUT2D eigenvalue weighted by Gasteiger charge is 2.24. The maximum absolute atomic E-state index is 12.2. The van der Waals surface area contributed by atoms with Crippen molar-refractivity contribution in [3.8, 4) is 5.75 Å². The molecule has 106 valence electrons. The maximum atomic E-state index is 12.2. The lowest BCUT2D eigenvalue weighted by Crippen LogP contribution is -2.35. The van der Waals surface area contributed by atoms with E-state index in [4.69, 9.17) is 9.47 Å². The number of sulfonamides is 1. The van der Waals surface area contributed by atoms with Crippen LogP contribution >= 0.6 is 0 Å². The van der Waals surface area contributed by atoms with Crippen LogP contribution in [0.1, 0.15) is 12.0 Å². The summed E-state index contributed by atoms with van der Waals surface area (Å²) in [6, 6.07) is 4.21. The second-order valence-electron chi connectivity index (χ2n) is 4.31. The summed E-state index contributed by atoms with van der Waals surface area (Å²) in [4.78, 5) is 0.115. The quantitative estimate of drug-likeness (QED) is 0.811. The van der Waals surface area contributed by atoms with Crippen molar-refractivity contribution in [2.45, 2.75) is 24.0 Å². The Labute approximate surface area is 112 Å². The third-order valence-electron chi connectivity index (χ3n) is 2.98. The zero-order valence-electron chi connectivity index (χ0n) is 10.6. The summed E-state index contributed by atoms with van der Waals surface area (Å²) in [6.45, 7) is 0.680. The number of hydrogen-bond acceptors (Lipinski definition) is 5. The minimum atomic E-state index is -3.60. The maximum Gasteiger partial charge on any atom is 0.240 e. The lowest BCUT2D eigenvalue weighted by atomic mass is 10.2. The second kappa shape index (κ2) is 5.87. The Kier molecular flexibility index (Phi) is 4.41. The number of rotatable bonds is 5. The molecule has 0 radical (unpaired) electrons. The van der Waals surface area contributed by atoms with Crippen molar-refractivity contribution in [3.05, 3.63) is 23.8 Å². The molecule has 1 aromatic rings. The van der Waals surface area contributed by atoms with E-state index in [1.54, 1.807) is 0 Å². The normalized spacial score (nSPS) is 19.6. The van der Waals surface area contributed by atoms with Crippen molar-refractivity contribution in [1.29, 1.82) is 0 Å². The number of aliphatic hydroxyl groups is 1. The fraction of sp³-hybridized carbons (Fsp3) is 0.500. The van der Waals surface area contributed by atoms with Gasteiger partial charge < -0.3 is 14.6 Å². The van der Waals surface area contributed by atoms with Gasteiger partial charge in [-0.3, -0.25) is 0 Å². The number of aliphatic hydroxyl groups excluding tert-OH is 1. The molecule has 2 rings (SSSR count). The first-order valence-corrected chi connectivity index (χ1v) is 7.43. The largest absolute Gasteiger partial charge is 0.496 e. The second-order valence-corrected chi connectivity index (χ2v) is 6.03. The summed E-state index contributed by atoms with van der Waals surface area (Å²) in [5.74, 6) is 0.464. The fourth-order valence-corrected chi connectivity index (χ4v) is 3.27. The minimum Gasteiger partial charge on any atom is -0.496 e. The van der Waals surface area contributed by atoms with E-state index in [1.165, 1.54) is 25.3 Å². The van der Waals surface area contributed by atoms with Crippen molar-refractivity contribution in [2.24, 2.45) is 0 Å². The van der Waals surface area contributed by atoms with Crippen LogP contribution in [0.2, 0.25) is 0 Å². The standard InChI is InChI=1S/C12H17NO5S/c1-17-12-3-2-11(6-9(12)7-14)19(15,16)13-10-4-5-18-8-10/h2-3,6,10,13-14H,4-5,7-8H2,1H3. The van der Waals surface area contributed by atoms with Gasteiger partial charge in [0.1, 0.15) is 5.75 Å². The van der Waals surface area contributed by atoms with Crippen LogP contribution in [0.5, 0.6) is 5.75 Å². The molecule has 1 fully saturated rings. The Morgan fingerprint density at radius 2 is 2.32 bits per heavy atom. The molecule has 1 heterocycles. The Morgan fingerprint density at radius 1 is 1.53 bits per heavy atom. The first kappa shape index (κ1) is 14.3. The summed E-state index contributed by atoms with van der Waals surface area (Å²) < 4.78 is 37.1. The van der Waals surface area contributed by atoms with Gasteiger partial charge in [-0.1, -0.05) is 0 Å². The van der Waals surface area contributed by atoms with E-state index in [9.17, 15) is 13.5 Å². The third kappa shape index (κ3) is 3.24. The van der Waals surface area contributed by atoms with Crippen LogP contribution < -0.4 is 9.46 Å². The van der Waals surface area contributed by atoms with Crippen LogP contribution in [-0.4, -0.2) is 39.9 Å². The Balaban J connectivity index is 2.24. The van der Waals surface area contributed by atoms with Gasteiger partial charge >= 0.3 is 0 Å². The Hall–Kier alpha value is -1.15. The van der Waals surface area contributed by atoms with Crippen LogP contribution in [0.15, 0.2) is 23.1 Å². The predicted molar refractivity (Wildman–Crippen MR) is 68.5 cm³/mol. The molecule has 1 aliphatic heterocycles. The number of hydrogen-bond donors (Lipinski definition) is 2. The molecule has 0 amide bonds. The van der Waals surface area contributed by atoms with Crippen LogP contribution in [0, 0.1) is 0 Å². The molecule has 0 aliphatic carbocycles. The van der Waals surface area contributed by atoms with Gasteiger partial charge in [0.2, 0.25) is 10.0 Å². The van der Waals surface area contributed by atoms with E-state index >= 15 is 0 Å². The van der Waals surface area contributed by atoms with E-state index in [0.29, 0.717) is 30.9 Å². The number of methoxy groups -OCH3 is 1. The van der Waals surface area contributed by atoms with Crippen molar-refractivity contribution in [1.82, 2.24) is 4.72 Å². The lowest BCUT2D eigenvalue weighted by Gasteiger charge is -2.13. The molecule has 2 N–H and O–H groups in total. The van der Waals surface area contributed by atoms with Crippen LogP contribution in [0.4, 0.5) is 0 Å². The zero-order valence-corrected chi connectivity index (χ0v) is 11.4. The highest BCUT2D eigenvalue weighted by molar-refractivity contribution is 7.89. The number of benzene rings is 1. The lowest BCUT2D eigenvalue weighted by molar-refractivity contribution is 0.192. The van der Waals surface area contributed by atoms with Gasteiger partial charge in [0.25, 0.3) is 0 Å². The van der Waals surface area contributed by atoms with Gasteiger partial charge in [-0.25, -0.2) is 13.1 Å². The summed E-state index contributed by atoms with van der Waals surface area (Å²) >= 11 is 0. The van der Waals surface area contributed by atoms with Crippen LogP contribution in [0.25, 0.3) is 0 Å². The molecule has 0 aromatic heterocycles. The van der Waals surface area contributed by atoms with Crippen molar-refractivity contribution in [3.63, 3.8) is 0 Å². The van der Waals surface area contributed by atoms with Crippen LogP contribution in [-0.2, 0) is 21.4 Å². The molecule has 0 spiro atoms. The minimum absolute atomic E-state index is 0.115. The molecule has 1 atom stereocenters. The van der Waals surface area contributed by atoms with Crippen molar-refractivity contribution >= 4 is 10.0 Å². The molecule has 0 saturated carbocycles. The van der Waals surface area contributed by atoms with E-state index in [-0.39, 0.29) is 17.5 Å². The van der Waals surface area contributed by atoms with Crippen molar-refractivity contribution < 1.29 is 23.0 Å².